The van der Waals surface area contributed by atoms with Gasteiger partial charge in [0.05, 0.1) is 6.26 Å². The van der Waals surface area contributed by atoms with Gasteiger partial charge in [-0.15, -0.1) is 11.3 Å². The molecule has 0 aliphatic rings. The van der Waals surface area contributed by atoms with Crippen LogP contribution >= 0.6 is 11.3 Å². The monoisotopic (exact) mass is 257 g/mol. The standard InChI is InChI=1S/C15H15NOS/c1-11(9-14-3-2-7-17-14)16-13-4-5-15-12(10-13)6-8-18-15/h2-8,10-11,16H,9H2,1H3. The molecule has 1 aromatic carbocycles. The van der Waals surface area contributed by atoms with Crippen molar-refractivity contribution in [2.45, 2.75) is 19.4 Å². The summed E-state index contributed by atoms with van der Waals surface area (Å²) in [5.41, 5.74) is 1.17. The van der Waals surface area contributed by atoms with Crippen LogP contribution in [0.3, 0.4) is 0 Å². The summed E-state index contributed by atoms with van der Waals surface area (Å²) in [5, 5.41) is 6.93. The molecule has 3 aromatic rings. The number of thiophene rings is 1. The fourth-order valence-electron chi connectivity index (χ4n) is 2.12. The van der Waals surface area contributed by atoms with Crippen LogP contribution in [0.4, 0.5) is 5.69 Å². The molecule has 0 fully saturated rings. The van der Waals surface area contributed by atoms with Crippen LogP contribution < -0.4 is 5.32 Å². The van der Waals surface area contributed by atoms with Crippen molar-refractivity contribution < 1.29 is 4.42 Å². The van der Waals surface area contributed by atoms with Gasteiger partial charge < -0.3 is 9.73 Å². The smallest absolute Gasteiger partial charge is 0.105 e. The number of rotatable bonds is 4. The van der Waals surface area contributed by atoms with E-state index in [0.717, 1.165) is 12.2 Å². The Morgan fingerprint density at radius 3 is 3.06 bits per heavy atom. The van der Waals surface area contributed by atoms with Crippen molar-refractivity contribution in [2.24, 2.45) is 0 Å². The molecule has 0 aliphatic heterocycles. The van der Waals surface area contributed by atoms with E-state index in [1.165, 1.54) is 15.8 Å². The quantitative estimate of drug-likeness (QED) is 0.742. The van der Waals surface area contributed by atoms with E-state index in [1.54, 1.807) is 17.6 Å². The van der Waals surface area contributed by atoms with Gasteiger partial charge in [0.1, 0.15) is 5.76 Å². The first-order valence-corrected chi connectivity index (χ1v) is 6.95. The third-order valence-electron chi connectivity index (χ3n) is 2.95. The molecular weight excluding hydrogens is 242 g/mol. The van der Waals surface area contributed by atoms with Crippen molar-refractivity contribution in [3.63, 3.8) is 0 Å². The lowest BCUT2D eigenvalue weighted by Crippen LogP contribution is -2.17. The molecule has 0 aliphatic carbocycles. The highest BCUT2D eigenvalue weighted by Gasteiger charge is 2.06. The van der Waals surface area contributed by atoms with Crippen molar-refractivity contribution >= 4 is 27.1 Å². The minimum absolute atomic E-state index is 0.354. The summed E-state index contributed by atoms with van der Waals surface area (Å²) in [6.45, 7) is 2.17. The second-order valence-corrected chi connectivity index (χ2v) is 5.45. The van der Waals surface area contributed by atoms with Gasteiger partial charge in [-0.1, -0.05) is 0 Å². The van der Waals surface area contributed by atoms with Crippen molar-refractivity contribution in [3.05, 3.63) is 53.8 Å². The third kappa shape index (κ3) is 2.41. The molecule has 2 heterocycles. The number of hydrogen-bond donors (Lipinski definition) is 1. The molecule has 0 saturated heterocycles. The number of nitrogens with one attached hydrogen (secondary N) is 1. The maximum Gasteiger partial charge on any atom is 0.105 e. The van der Waals surface area contributed by atoms with Gasteiger partial charge in [0.2, 0.25) is 0 Å². The molecule has 0 saturated carbocycles. The summed E-state index contributed by atoms with van der Waals surface area (Å²) in [7, 11) is 0. The molecule has 3 rings (SSSR count). The van der Waals surface area contributed by atoms with Crippen LogP contribution in [0.25, 0.3) is 10.1 Å². The highest BCUT2D eigenvalue weighted by Crippen LogP contribution is 2.24. The Kier molecular flexibility index (Phi) is 3.07. The Bertz CT molecular complexity index is 627. The molecular formula is C15H15NOS. The summed E-state index contributed by atoms with van der Waals surface area (Å²) in [6, 6.07) is 13.0. The molecule has 1 unspecified atom stereocenters. The second kappa shape index (κ2) is 4.86. The third-order valence-corrected chi connectivity index (χ3v) is 3.85. The van der Waals surface area contributed by atoms with Crippen LogP contribution in [0.5, 0.6) is 0 Å². The average Bonchev–Trinajstić information content (AvgIpc) is 2.98. The average molecular weight is 257 g/mol. The normalized spacial score (nSPS) is 12.7. The maximum atomic E-state index is 5.36. The van der Waals surface area contributed by atoms with Crippen LogP contribution in [0.1, 0.15) is 12.7 Å². The van der Waals surface area contributed by atoms with Gasteiger partial charge in [0, 0.05) is 22.8 Å². The summed E-state index contributed by atoms with van der Waals surface area (Å²) >= 11 is 1.78. The Hall–Kier alpha value is -1.74. The van der Waals surface area contributed by atoms with E-state index in [-0.39, 0.29) is 0 Å². The summed E-state index contributed by atoms with van der Waals surface area (Å²) in [4.78, 5) is 0. The highest BCUT2D eigenvalue weighted by molar-refractivity contribution is 7.17. The van der Waals surface area contributed by atoms with Crippen molar-refractivity contribution in [2.75, 3.05) is 5.32 Å². The molecule has 3 heteroatoms. The van der Waals surface area contributed by atoms with Crippen molar-refractivity contribution in [3.8, 4) is 0 Å². The van der Waals surface area contributed by atoms with Crippen LogP contribution in [0.2, 0.25) is 0 Å². The van der Waals surface area contributed by atoms with E-state index in [4.69, 9.17) is 4.42 Å². The first kappa shape index (κ1) is 11.4. The second-order valence-electron chi connectivity index (χ2n) is 4.50. The minimum Gasteiger partial charge on any atom is -0.469 e. The van der Waals surface area contributed by atoms with Gasteiger partial charge in [0.15, 0.2) is 0 Å². The molecule has 0 radical (unpaired) electrons. The molecule has 18 heavy (non-hydrogen) atoms. The predicted octanol–water partition coefficient (Wildman–Crippen LogP) is 4.54. The summed E-state index contributed by atoms with van der Waals surface area (Å²) in [6.07, 6.45) is 2.62. The van der Waals surface area contributed by atoms with Crippen LogP contribution in [0.15, 0.2) is 52.5 Å². The Morgan fingerprint density at radius 2 is 2.22 bits per heavy atom. The predicted molar refractivity (Wildman–Crippen MR) is 77.3 cm³/mol. The number of hydrogen-bond acceptors (Lipinski definition) is 3. The van der Waals surface area contributed by atoms with Gasteiger partial charge in [-0.2, -0.15) is 0 Å². The van der Waals surface area contributed by atoms with E-state index < -0.39 is 0 Å². The number of benzene rings is 1. The molecule has 0 bridgehead atoms. The largest absolute Gasteiger partial charge is 0.469 e. The van der Waals surface area contributed by atoms with E-state index in [1.807, 2.05) is 12.1 Å². The molecule has 2 aromatic heterocycles. The first-order valence-electron chi connectivity index (χ1n) is 6.07. The van der Waals surface area contributed by atoms with Crippen LogP contribution in [-0.2, 0) is 6.42 Å². The van der Waals surface area contributed by atoms with E-state index >= 15 is 0 Å². The summed E-state index contributed by atoms with van der Waals surface area (Å²) in [5.74, 6) is 1.02. The van der Waals surface area contributed by atoms with Gasteiger partial charge in [-0.05, 0) is 54.1 Å². The lowest BCUT2D eigenvalue weighted by atomic mass is 10.1. The van der Waals surface area contributed by atoms with Crippen molar-refractivity contribution in [1.29, 1.82) is 0 Å². The summed E-state index contributed by atoms with van der Waals surface area (Å²) < 4.78 is 6.69. The number of anilines is 1. The topological polar surface area (TPSA) is 25.2 Å². The maximum absolute atomic E-state index is 5.36. The SMILES string of the molecule is CC(Cc1ccco1)Nc1ccc2sccc2c1. The lowest BCUT2D eigenvalue weighted by molar-refractivity contribution is 0.498. The van der Waals surface area contributed by atoms with Gasteiger partial charge in [-0.3, -0.25) is 0 Å². The first-order chi connectivity index (χ1) is 8.81. The fourth-order valence-corrected chi connectivity index (χ4v) is 2.89. The lowest BCUT2D eigenvalue weighted by Gasteiger charge is -2.14. The minimum atomic E-state index is 0.354. The van der Waals surface area contributed by atoms with Crippen LogP contribution in [-0.4, -0.2) is 6.04 Å². The zero-order valence-corrected chi connectivity index (χ0v) is 11.0. The van der Waals surface area contributed by atoms with E-state index in [9.17, 15) is 0 Å². The van der Waals surface area contributed by atoms with Gasteiger partial charge in [0.25, 0.3) is 0 Å². The van der Waals surface area contributed by atoms with Crippen molar-refractivity contribution in [1.82, 2.24) is 0 Å². The van der Waals surface area contributed by atoms with Crippen LogP contribution in [0, 0.1) is 0 Å². The number of fused-ring (bicyclic) bond motifs is 1. The Balaban J connectivity index is 1.71. The number of furan rings is 1. The molecule has 0 amide bonds. The molecule has 0 spiro atoms. The molecule has 2 nitrogen and oxygen atoms in total. The van der Waals surface area contributed by atoms with E-state index in [0.29, 0.717) is 6.04 Å². The zero-order valence-electron chi connectivity index (χ0n) is 10.2. The molecule has 1 N–H and O–H groups in total. The van der Waals surface area contributed by atoms with E-state index in [2.05, 4.69) is 41.9 Å². The Morgan fingerprint density at radius 1 is 1.28 bits per heavy atom. The molecule has 92 valence electrons. The Labute approximate surface area is 110 Å². The zero-order chi connectivity index (χ0) is 12.4. The highest BCUT2D eigenvalue weighted by atomic mass is 32.1. The van der Waals surface area contributed by atoms with Gasteiger partial charge in [-0.25, -0.2) is 0 Å². The van der Waals surface area contributed by atoms with Gasteiger partial charge >= 0.3 is 0 Å². The fraction of sp³-hybridized carbons (Fsp3) is 0.200. The molecule has 1 atom stereocenters.